The molecule has 0 heterocycles. The van der Waals surface area contributed by atoms with E-state index in [0.717, 1.165) is 42.2 Å². The Morgan fingerprint density at radius 2 is 1.86 bits per heavy atom. The van der Waals surface area contributed by atoms with Gasteiger partial charge in [0.25, 0.3) is 0 Å². The normalized spacial score (nSPS) is 16.6. The van der Waals surface area contributed by atoms with Crippen LogP contribution in [0.2, 0.25) is 0 Å². The van der Waals surface area contributed by atoms with Gasteiger partial charge in [0.2, 0.25) is 5.91 Å². The second kappa shape index (κ2) is 6.36. The van der Waals surface area contributed by atoms with Crippen LogP contribution < -0.4 is 15.8 Å². The Balaban J connectivity index is 1.53. The Morgan fingerprint density at radius 3 is 2.68 bits per heavy atom. The molecular formula is C18H22N2O2. The van der Waals surface area contributed by atoms with Gasteiger partial charge in [-0.2, -0.15) is 0 Å². The number of nitrogens with one attached hydrogen (secondary N) is 1. The highest BCUT2D eigenvalue weighted by Gasteiger charge is 2.36. The fourth-order valence-corrected chi connectivity index (χ4v) is 3.06. The van der Waals surface area contributed by atoms with Gasteiger partial charge in [-0.05, 0) is 24.3 Å². The molecule has 0 saturated heterocycles. The van der Waals surface area contributed by atoms with E-state index in [2.05, 4.69) is 17.4 Å². The van der Waals surface area contributed by atoms with Crippen LogP contribution in [0.4, 0.5) is 0 Å². The summed E-state index contributed by atoms with van der Waals surface area (Å²) in [6.07, 6.45) is 3.64. The molecule has 3 rings (SSSR count). The zero-order chi connectivity index (χ0) is 15.4. The van der Waals surface area contributed by atoms with Crippen LogP contribution >= 0.6 is 0 Å². The highest BCUT2D eigenvalue weighted by molar-refractivity contribution is 5.88. The number of fused-ring (bicyclic) bond motifs is 1. The van der Waals surface area contributed by atoms with Crippen molar-refractivity contribution >= 4 is 16.7 Å². The Morgan fingerprint density at radius 1 is 1.14 bits per heavy atom. The van der Waals surface area contributed by atoms with Crippen LogP contribution in [-0.2, 0) is 4.79 Å². The predicted molar refractivity (Wildman–Crippen MR) is 87.8 cm³/mol. The lowest BCUT2D eigenvalue weighted by Crippen LogP contribution is -2.52. The van der Waals surface area contributed by atoms with E-state index in [1.807, 2.05) is 30.3 Å². The monoisotopic (exact) mass is 298 g/mol. The van der Waals surface area contributed by atoms with Gasteiger partial charge >= 0.3 is 0 Å². The molecule has 0 bridgehead atoms. The molecule has 1 aliphatic rings. The van der Waals surface area contributed by atoms with Crippen molar-refractivity contribution < 1.29 is 9.53 Å². The summed E-state index contributed by atoms with van der Waals surface area (Å²) in [5.74, 6) is 0.794. The molecule has 1 fully saturated rings. The van der Waals surface area contributed by atoms with Crippen molar-refractivity contribution in [1.82, 2.24) is 5.32 Å². The largest absolute Gasteiger partial charge is 0.491 e. The summed E-state index contributed by atoms with van der Waals surface area (Å²) < 4.78 is 5.81. The summed E-state index contributed by atoms with van der Waals surface area (Å²) >= 11 is 0. The summed E-state index contributed by atoms with van der Waals surface area (Å²) in [4.78, 5) is 12.1. The van der Waals surface area contributed by atoms with Gasteiger partial charge in [-0.25, -0.2) is 0 Å². The molecule has 116 valence electrons. The lowest BCUT2D eigenvalue weighted by molar-refractivity contribution is -0.126. The third-order valence-electron chi connectivity index (χ3n) is 4.34. The van der Waals surface area contributed by atoms with Crippen LogP contribution in [0.3, 0.4) is 0 Å². The van der Waals surface area contributed by atoms with Crippen LogP contribution in [0, 0.1) is 0 Å². The lowest BCUT2D eigenvalue weighted by atomic mass is 9.98. The average molecular weight is 298 g/mol. The predicted octanol–water partition coefficient (Wildman–Crippen LogP) is 2.61. The van der Waals surface area contributed by atoms with Gasteiger partial charge in [0.05, 0.1) is 12.1 Å². The van der Waals surface area contributed by atoms with E-state index in [1.165, 1.54) is 0 Å². The fourth-order valence-electron chi connectivity index (χ4n) is 3.06. The van der Waals surface area contributed by atoms with Crippen LogP contribution in [0.25, 0.3) is 10.8 Å². The van der Waals surface area contributed by atoms with Gasteiger partial charge in [-0.3, -0.25) is 4.79 Å². The van der Waals surface area contributed by atoms with Crippen molar-refractivity contribution in [2.75, 3.05) is 13.2 Å². The molecule has 0 aromatic heterocycles. The minimum absolute atomic E-state index is 0.0495. The third-order valence-corrected chi connectivity index (χ3v) is 4.34. The standard InChI is InChI=1S/C18H22N2O2/c19-18(10-3-4-11-18)17(21)20-12-13-22-16-9-5-7-14-6-1-2-8-15(14)16/h1-2,5-9H,3-4,10-13,19H2,(H,20,21). The Hall–Kier alpha value is -2.07. The van der Waals surface area contributed by atoms with Crippen LogP contribution in [-0.4, -0.2) is 24.6 Å². The molecule has 2 aromatic rings. The molecule has 4 heteroatoms. The molecule has 1 aliphatic carbocycles. The summed E-state index contributed by atoms with van der Waals surface area (Å²) in [5, 5.41) is 5.13. The Labute approximate surface area is 130 Å². The van der Waals surface area contributed by atoms with Crippen LogP contribution in [0.5, 0.6) is 5.75 Å². The maximum Gasteiger partial charge on any atom is 0.240 e. The van der Waals surface area contributed by atoms with Gasteiger partial charge < -0.3 is 15.8 Å². The molecular weight excluding hydrogens is 276 g/mol. The number of ether oxygens (including phenoxy) is 1. The molecule has 22 heavy (non-hydrogen) atoms. The molecule has 0 aliphatic heterocycles. The van der Waals surface area contributed by atoms with Crippen molar-refractivity contribution in [2.24, 2.45) is 5.73 Å². The molecule has 3 N–H and O–H groups in total. The number of hydrogen-bond acceptors (Lipinski definition) is 3. The number of rotatable bonds is 5. The first-order valence-corrected chi connectivity index (χ1v) is 7.87. The second-order valence-electron chi connectivity index (χ2n) is 5.94. The van der Waals surface area contributed by atoms with E-state index in [0.29, 0.717) is 13.2 Å². The molecule has 0 unspecified atom stereocenters. The van der Waals surface area contributed by atoms with E-state index in [-0.39, 0.29) is 5.91 Å². The van der Waals surface area contributed by atoms with Gasteiger partial charge in [-0.15, -0.1) is 0 Å². The van der Waals surface area contributed by atoms with E-state index < -0.39 is 5.54 Å². The van der Waals surface area contributed by atoms with Crippen LogP contribution in [0.15, 0.2) is 42.5 Å². The summed E-state index contributed by atoms with van der Waals surface area (Å²) in [6.45, 7) is 0.914. The van der Waals surface area contributed by atoms with Gasteiger partial charge in [0.15, 0.2) is 0 Å². The number of carbonyl (C=O) groups is 1. The number of hydrogen-bond donors (Lipinski definition) is 2. The van der Waals surface area contributed by atoms with Crippen molar-refractivity contribution in [3.05, 3.63) is 42.5 Å². The maximum absolute atomic E-state index is 12.1. The first-order chi connectivity index (χ1) is 10.7. The molecule has 4 nitrogen and oxygen atoms in total. The molecule has 0 atom stereocenters. The van der Waals surface area contributed by atoms with Crippen LogP contribution in [0.1, 0.15) is 25.7 Å². The molecule has 1 amide bonds. The van der Waals surface area contributed by atoms with E-state index in [9.17, 15) is 4.79 Å². The quantitative estimate of drug-likeness (QED) is 0.834. The first kappa shape index (κ1) is 14.9. The zero-order valence-corrected chi connectivity index (χ0v) is 12.7. The van der Waals surface area contributed by atoms with Gasteiger partial charge in [-0.1, -0.05) is 49.2 Å². The highest BCUT2D eigenvalue weighted by Crippen LogP contribution is 2.27. The molecule has 0 spiro atoms. The molecule has 1 saturated carbocycles. The Bertz CT molecular complexity index is 658. The number of nitrogens with two attached hydrogens (primary N) is 1. The number of amides is 1. The van der Waals surface area contributed by atoms with Gasteiger partial charge in [0.1, 0.15) is 12.4 Å². The minimum atomic E-state index is -0.667. The van der Waals surface area contributed by atoms with Crippen molar-refractivity contribution in [3.8, 4) is 5.75 Å². The zero-order valence-electron chi connectivity index (χ0n) is 12.7. The second-order valence-corrected chi connectivity index (χ2v) is 5.94. The van der Waals surface area contributed by atoms with E-state index in [4.69, 9.17) is 10.5 Å². The van der Waals surface area contributed by atoms with Gasteiger partial charge in [0, 0.05) is 5.39 Å². The lowest BCUT2D eigenvalue weighted by Gasteiger charge is -2.22. The number of carbonyl (C=O) groups excluding carboxylic acids is 1. The van der Waals surface area contributed by atoms with Crippen molar-refractivity contribution in [3.63, 3.8) is 0 Å². The minimum Gasteiger partial charge on any atom is -0.491 e. The summed E-state index contributed by atoms with van der Waals surface area (Å²) in [6, 6.07) is 14.1. The average Bonchev–Trinajstić information content (AvgIpc) is 2.99. The third kappa shape index (κ3) is 3.07. The van der Waals surface area contributed by atoms with Crippen molar-refractivity contribution in [2.45, 2.75) is 31.2 Å². The molecule has 0 radical (unpaired) electrons. The van der Waals surface area contributed by atoms with Crippen molar-refractivity contribution in [1.29, 1.82) is 0 Å². The SMILES string of the molecule is NC1(C(=O)NCCOc2cccc3ccccc23)CCCC1. The highest BCUT2D eigenvalue weighted by atomic mass is 16.5. The topological polar surface area (TPSA) is 64.4 Å². The summed E-state index contributed by atoms with van der Waals surface area (Å²) in [7, 11) is 0. The molecule has 2 aromatic carbocycles. The van der Waals surface area contributed by atoms with E-state index in [1.54, 1.807) is 0 Å². The maximum atomic E-state index is 12.1. The summed E-state index contributed by atoms with van der Waals surface area (Å²) in [5.41, 5.74) is 5.45. The smallest absolute Gasteiger partial charge is 0.240 e. The van der Waals surface area contributed by atoms with E-state index >= 15 is 0 Å². The Kier molecular flexibility index (Phi) is 4.29. The number of benzene rings is 2. The first-order valence-electron chi connectivity index (χ1n) is 7.87. The fraction of sp³-hybridized carbons (Fsp3) is 0.389.